The largest absolute Gasteiger partial charge is 0.496 e. The lowest BCUT2D eigenvalue weighted by Crippen LogP contribution is -2.49. The van der Waals surface area contributed by atoms with Crippen LogP contribution in [0.15, 0.2) is 48.5 Å². The van der Waals surface area contributed by atoms with Crippen molar-refractivity contribution in [3.63, 3.8) is 0 Å². The van der Waals surface area contributed by atoms with Crippen LogP contribution in [0.3, 0.4) is 0 Å². The Bertz CT molecular complexity index is 928. The van der Waals surface area contributed by atoms with Crippen LogP contribution in [0.1, 0.15) is 16.7 Å². The van der Waals surface area contributed by atoms with Gasteiger partial charge in [-0.1, -0.05) is 35.9 Å². The maximum absolute atomic E-state index is 11.9. The van der Waals surface area contributed by atoms with E-state index in [-0.39, 0.29) is 11.7 Å². The van der Waals surface area contributed by atoms with E-state index in [1.165, 1.54) is 6.08 Å². The number of nitrogens with one attached hydrogen (secondary N) is 3. The van der Waals surface area contributed by atoms with Gasteiger partial charge in [0.05, 0.1) is 7.11 Å². The lowest BCUT2D eigenvalue weighted by atomic mass is 10.1. The fourth-order valence-corrected chi connectivity index (χ4v) is 2.57. The molecule has 0 aliphatic heterocycles. The number of thiocarbonyl (C=S) groups is 1. The first-order valence-electron chi connectivity index (χ1n) is 8.80. The molecule has 0 aliphatic rings. The van der Waals surface area contributed by atoms with Gasteiger partial charge in [0.25, 0.3) is 5.91 Å². The molecule has 8 heteroatoms. The predicted octanol–water partition coefficient (Wildman–Crippen LogP) is 2.43. The summed E-state index contributed by atoms with van der Waals surface area (Å²) in [5.74, 6) is 0.386. The minimum absolute atomic E-state index is 0.0421. The Hall–Kier alpha value is -3.39. The van der Waals surface area contributed by atoms with Gasteiger partial charge in [0.15, 0.2) is 11.7 Å². The highest BCUT2D eigenvalue weighted by atomic mass is 32.1. The van der Waals surface area contributed by atoms with Crippen LogP contribution >= 0.6 is 12.2 Å². The zero-order valence-electron chi connectivity index (χ0n) is 16.4. The van der Waals surface area contributed by atoms with Gasteiger partial charge in [-0.05, 0) is 49.8 Å². The van der Waals surface area contributed by atoms with E-state index in [2.05, 4.69) is 16.2 Å². The second kappa shape index (κ2) is 10.8. The maximum atomic E-state index is 11.9. The Morgan fingerprint density at radius 2 is 1.83 bits per heavy atom. The minimum atomic E-state index is -0.450. The molecule has 0 saturated heterocycles. The van der Waals surface area contributed by atoms with Crippen molar-refractivity contribution in [1.82, 2.24) is 16.2 Å². The third-order valence-corrected chi connectivity index (χ3v) is 4.00. The van der Waals surface area contributed by atoms with Gasteiger partial charge in [0.2, 0.25) is 5.91 Å². The number of benzene rings is 2. The number of para-hydroxylation sites is 1. The summed E-state index contributed by atoms with van der Waals surface area (Å²) >= 11 is 4.98. The normalized spacial score (nSPS) is 10.3. The van der Waals surface area contributed by atoms with E-state index in [0.717, 1.165) is 16.7 Å². The fourth-order valence-electron chi connectivity index (χ4n) is 2.42. The zero-order chi connectivity index (χ0) is 21.2. The van der Waals surface area contributed by atoms with Crippen LogP contribution < -0.4 is 25.6 Å². The van der Waals surface area contributed by atoms with Crippen LogP contribution in [-0.2, 0) is 9.59 Å². The molecule has 2 aromatic carbocycles. The first-order valence-corrected chi connectivity index (χ1v) is 9.21. The Balaban J connectivity index is 1.75. The summed E-state index contributed by atoms with van der Waals surface area (Å²) in [4.78, 5) is 23.8. The summed E-state index contributed by atoms with van der Waals surface area (Å²) in [7, 11) is 1.55. The molecule has 0 atom stereocenters. The molecular weight excluding hydrogens is 390 g/mol. The van der Waals surface area contributed by atoms with Crippen molar-refractivity contribution >= 4 is 35.2 Å². The van der Waals surface area contributed by atoms with Crippen molar-refractivity contribution in [2.24, 2.45) is 0 Å². The van der Waals surface area contributed by atoms with E-state index in [1.54, 1.807) is 19.3 Å². The van der Waals surface area contributed by atoms with Crippen molar-refractivity contribution in [2.45, 2.75) is 13.8 Å². The highest BCUT2D eigenvalue weighted by Crippen LogP contribution is 2.19. The average Bonchev–Trinajstić information content (AvgIpc) is 2.70. The summed E-state index contributed by atoms with van der Waals surface area (Å²) in [6, 6.07) is 13.0. The monoisotopic (exact) mass is 413 g/mol. The summed E-state index contributed by atoms with van der Waals surface area (Å²) < 4.78 is 10.7. The summed E-state index contributed by atoms with van der Waals surface area (Å²) in [6.45, 7) is 3.69. The minimum Gasteiger partial charge on any atom is -0.496 e. The van der Waals surface area contributed by atoms with E-state index in [9.17, 15) is 9.59 Å². The molecule has 0 saturated carbocycles. The van der Waals surface area contributed by atoms with Crippen molar-refractivity contribution < 1.29 is 19.1 Å². The molecule has 0 bridgehead atoms. The third kappa shape index (κ3) is 7.27. The molecule has 0 heterocycles. The summed E-state index contributed by atoms with van der Waals surface area (Å²) in [5, 5.41) is 2.39. The number of rotatable bonds is 6. The number of amides is 2. The van der Waals surface area contributed by atoms with Gasteiger partial charge in [-0.15, -0.1) is 0 Å². The smallest absolute Gasteiger partial charge is 0.276 e. The van der Waals surface area contributed by atoms with Crippen molar-refractivity contribution in [1.29, 1.82) is 0 Å². The Morgan fingerprint density at radius 3 is 2.55 bits per heavy atom. The van der Waals surface area contributed by atoms with Gasteiger partial charge in [-0.2, -0.15) is 0 Å². The number of carbonyl (C=O) groups excluding carboxylic acids is 2. The molecule has 0 aromatic heterocycles. The van der Waals surface area contributed by atoms with E-state index in [0.29, 0.717) is 11.5 Å². The van der Waals surface area contributed by atoms with Crippen LogP contribution in [0.4, 0.5) is 0 Å². The highest BCUT2D eigenvalue weighted by molar-refractivity contribution is 7.80. The SMILES string of the molecule is COc1ccccc1C=CC(=O)NC(=S)NNC(=O)COc1ccc(C)cc1C. The van der Waals surface area contributed by atoms with Crippen molar-refractivity contribution in [3.8, 4) is 11.5 Å². The van der Waals surface area contributed by atoms with Gasteiger partial charge in [-0.25, -0.2) is 0 Å². The Labute approximate surface area is 175 Å². The van der Waals surface area contributed by atoms with Crippen LogP contribution in [0, 0.1) is 13.8 Å². The number of hydrogen-bond acceptors (Lipinski definition) is 5. The first-order chi connectivity index (χ1) is 13.9. The number of hydrogen-bond donors (Lipinski definition) is 3. The fraction of sp³-hybridized carbons (Fsp3) is 0.190. The zero-order valence-corrected chi connectivity index (χ0v) is 17.3. The van der Waals surface area contributed by atoms with E-state index in [4.69, 9.17) is 21.7 Å². The number of aryl methyl sites for hydroxylation is 2. The Morgan fingerprint density at radius 1 is 1.07 bits per heavy atom. The standard InChI is InChI=1S/C21H23N3O4S/c1-14-8-10-17(15(2)12-14)28-13-20(26)23-24-21(29)22-19(25)11-9-16-6-4-5-7-18(16)27-3/h4-12H,13H2,1-3H3,(H,23,26)(H2,22,24,25,29). The molecule has 152 valence electrons. The number of carbonyl (C=O) groups is 2. The van der Waals surface area contributed by atoms with E-state index >= 15 is 0 Å². The van der Waals surface area contributed by atoms with Crippen LogP contribution in [0.2, 0.25) is 0 Å². The van der Waals surface area contributed by atoms with E-state index in [1.807, 2.05) is 50.2 Å². The third-order valence-electron chi connectivity index (χ3n) is 3.79. The molecular formula is C21H23N3O4S. The van der Waals surface area contributed by atoms with Gasteiger partial charge in [0, 0.05) is 11.6 Å². The molecule has 0 fully saturated rings. The van der Waals surface area contributed by atoms with Crippen LogP contribution in [0.25, 0.3) is 6.08 Å². The van der Waals surface area contributed by atoms with Crippen molar-refractivity contribution in [2.75, 3.05) is 13.7 Å². The predicted molar refractivity (Wildman–Crippen MR) is 115 cm³/mol. The molecule has 0 unspecified atom stereocenters. The molecule has 29 heavy (non-hydrogen) atoms. The van der Waals surface area contributed by atoms with Crippen LogP contribution in [0.5, 0.6) is 11.5 Å². The molecule has 3 N–H and O–H groups in total. The second-order valence-corrected chi connectivity index (χ2v) is 6.53. The molecule has 2 aromatic rings. The number of ether oxygens (including phenoxy) is 2. The molecule has 0 radical (unpaired) electrons. The van der Waals surface area contributed by atoms with Gasteiger partial charge in [-0.3, -0.25) is 25.8 Å². The maximum Gasteiger partial charge on any atom is 0.276 e. The van der Waals surface area contributed by atoms with Crippen molar-refractivity contribution in [3.05, 3.63) is 65.2 Å². The van der Waals surface area contributed by atoms with E-state index < -0.39 is 11.8 Å². The first kappa shape index (κ1) is 21.9. The Kier molecular flexibility index (Phi) is 8.17. The van der Waals surface area contributed by atoms with Gasteiger partial charge < -0.3 is 9.47 Å². The molecule has 7 nitrogen and oxygen atoms in total. The second-order valence-electron chi connectivity index (χ2n) is 6.12. The highest BCUT2D eigenvalue weighted by Gasteiger charge is 2.07. The number of hydrazine groups is 1. The summed E-state index contributed by atoms with van der Waals surface area (Å²) in [5.41, 5.74) is 7.63. The van der Waals surface area contributed by atoms with Gasteiger partial charge >= 0.3 is 0 Å². The topological polar surface area (TPSA) is 88.7 Å². The lowest BCUT2D eigenvalue weighted by molar-refractivity contribution is -0.123. The lowest BCUT2D eigenvalue weighted by Gasteiger charge is -2.12. The average molecular weight is 413 g/mol. The molecule has 2 amide bonds. The quantitative estimate of drug-likeness (QED) is 0.383. The molecule has 2 rings (SSSR count). The number of methoxy groups -OCH3 is 1. The summed E-state index contributed by atoms with van der Waals surface area (Å²) in [6.07, 6.45) is 2.92. The molecule has 0 spiro atoms. The molecule has 0 aliphatic carbocycles. The van der Waals surface area contributed by atoms with Gasteiger partial charge in [0.1, 0.15) is 11.5 Å². The van der Waals surface area contributed by atoms with Crippen LogP contribution in [-0.4, -0.2) is 30.6 Å².